The van der Waals surface area contributed by atoms with Crippen LogP contribution in [0.5, 0.6) is 0 Å². The predicted molar refractivity (Wildman–Crippen MR) is 64.9 cm³/mol. The Morgan fingerprint density at radius 2 is 2.06 bits per heavy atom. The molecule has 1 N–H and O–H groups in total. The Kier molecular flexibility index (Phi) is 3.37. The molecule has 0 aliphatic heterocycles. The minimum atomic E-state index is 0.345. The Bertz CT molecular complexity index is 433. The quantitative estimate of drug-likeness (QED) is 0.848. The lowest BCUT2D eigenvalue weighted by Crippen LogP contribution is -2.19. The van der Waals surface area contributed by atoms with Crippen molar-refractivity contribution in [2.75, 3.05) is 0 Å². The zero-order valence-electron chi connectivity index (χ0n) is 9.72. The van der Waals surface area contributed by atoms with Gasteiger partial charge in [0.05, 0.1) is 0 Å². The summed E-state index contributed by atoms with van der Waals surface area (Å²) < 4.78 is 2.13. The third-order valence-electron chi connectivity index (χ3n) is 2.85. The van der Waals surface area contributed by atoms with Crippen molar-refractivity contribution in [2.24, 2.45) is 7.05 Å². The molecule has 0 aliphatic carbocycles. The summed E-state index contributed by atoms with van der Waals surface area (Å²) in [5.41, 5.74) is 2.56. The maximum Gasteiger partial charge on any atom is 0.0364 e. The van der Waals surface area contributed by atoms with Crippen molar-refractivity contribution in [3.05, 3.63) is 54.1 Å². The molecular formula is C13H17N3. The molecule has 0 radical (unpaired) electrons. The van der Waals surface area contributed by atoms with Crippen LogP contribution in [0.1, 0.15) is 24.2 Å². The number of hydrogen-bond donors (Lipinski definition) is 1. The molecule has 0 saturated carbocycles. The van der Waals surface area contributed by atoms with Gasteiger partial charge in [0.1, 0.15) is 0 Å². The summed E-state index contributed by atoms with van der Waals surface area (Å²) in [6.45, 7) is 3.05. The van der Waals surface area contributed by atoms with Crippen molar-refractivity contribution in [3.63, 3.8) is 0 Å². The van der Waals surface area contributed by atoms with E-state index in [1.165, 1.54) is 11.3 Å². The Labute approximate surface area is 96.1 Å². The molecule has 2 heterocycles. The van der Waals surface area contributed by atoms with Gasteiger partial charge in [-0.15, -0.1) is 0 Å². The van der Waals surface area contributed by atoms with Gasteiger partial charge < -0.3 is 9.88 Å². The molecule has 0 spiro atoms. The van der Waals surface area contributed by atoms with E-state index in [9.17, 15) is 0 Å². The highest BCUT2D eigenvalue weighted by Gasteiger charge is 2.04. The first kappa shape index (κ1) is 10.9. The summed E-state index contributed by atoms with van der Waals surface area (Å²) >= 11 is 0. The van der Waals surface area contributed by atoms with Crippen LogP contribution < -0.4 is 5.32 Å². The van der Waals surface area contributed by atoms with E-state index < -0.39 is 0 Å². The summed E-state index contributed by atoms with van der Waals surface area (Å²) in [6.07, 6.45) is 5.72. The Morgan fingerprint density at radius 3 is 2.69 bits per heavy atom. The molecule has 0 bridgehead atoms. The molecule has 0 saturated heterocycles. The van der Waals surface area contributed by atoms with Gasteiger partial charge in [-0.2, -0.15) is 0 Å². The molecule has 0 fully saturated rings. The van der Waals surface area contributed by atoms with Gasteiger partial charge in [-0.05, 0) is 36.8 Å². The van der Waals surface area contributed by atoms with Crippen molar-refractivity contribution in [2.45, 2.75) is 19.5 Å². The normalized spacial score (nSPS) is 12.6. The molecule has 2 aromatic heterocycles. The van der Waals surface area contributed by atoms with Crippen molar-refractivity contribution in [1.29, 1.82) is 0 Å². The second kappa shape index (κ2) is 4.94. The first-order chi connectivity index (χ1) is 7.77. The van der Waals surface area contributed by atoms with Crippen LogP contribution in [-0.4, -0.2) is 9.55 Å². The fourth-order valence-electron chi connectivity index (χ4n) is 1.71. The SMILES string of the molecule is CC(NCc1cccn1C)c1ccncc1. The van der Waals surface area contributed by atoms with Crippen LogP contribution >= 0.6 is 0 Å². The lowest BCUT2D eigenvalue weighted by molar-refractivity contribution is 0.557. The van der Waals surface area contributed by atoms with E-state index in [0.29, 0.717) is 6.04 Å². The molecule has 84 valence electrons. The molecule has 3 nitrogen and oxygen atoms in total. The van der Waals surface area contributed by atoms with Gasteiger partial charge in [0.2, 0.25) is 0 Å². The summed E-state index contributed by atoms with van der Waals surface area (Å²) in [5, 5.41) is 3.49. The standard InChI is InChI=1S/C13H17N3/c1-11(12-5-7-14-8-6-12)15-10-13-4-3-9-16(13)2/h3-9,11,15H,10H2,1-2H3. The average molecular weight is 215 g/mol. The number of nitrogens with zero attached hydrogens (tertiary/aromatic N) is 2. The third kappa shape index (κ3) is 2.49. The van der Waals surface area contributed by atoms with E-state index in [0.717, 1.165) is 6.54 Å². The van der Waals surface area contributed by atoms with Gasteiger partial charge in [-0.1, -0.05) is 0 Å². The van der Waals surface area contributed by atoms with E-state index in [1.807, 2.05) is 24.5 Å². The minimum absolute atomic E-state index is 0.345. The van der Waals surface area contributed by atoms with Crippen LogP contribution in [0.4, 0.5) is 0 Å². The van der Waals surface area contributed by atoms with Crippen molar-refractivity contribution in [1.82, 2.24) is 14.9 Å². The summed E-state index contributed by atoms with van der Waals surface area (Å²) in [6, 6.07) is 8.63. The number of rotatable bonds is 4. The van der Waals surface area contributed by atoms with Crippen LogP contribution in [0.15, 0.2) is 42.9 Å². The van der Waals surface area contributed by atoms with Crippen LogP contribution in [0.3, 0.4) is 0 Å². The van der Waals surface area contributed by atoms with Gasteiger partial charge in [0, 0.05) is 43.9 Å². The molecule has 2 aromatic rings. The van der Waals surface area contributed by atoms with Gasteiger partial charge in [-0.25, -0.2) is 0 Å². The number of hydrogen-bond acceptors (Lipinski definition) is 2. The minimum Gasteiger partial charge on any atom is -0.353 e. The second-order valence-electron chi connectivity index (χ2n) is 3.99. The third-order valence-corrected chi connectivity index (χ3v) is 2.85. The van der Waals surface area contributed by atoms with Gasteiger partial charge in [0.25, 0.3) is 0 Å². The number of aryl methyl sites for hydroxylation is 1. The fourth-order valence-corrected chi connectivity index (χ4v) is 1.71. The lowest BCUT2D eigenvalue weighted by atomic mass is 10.1. The number of aromatic nitrogens is 2. The summed E-state index contributed by atoms with van der Waals surface area (Å²) in [7, 11) is 2.06. The highest BCUT2D eigenvalue weighted by atomic mass is 15.0. The van der Waals surface area contributed by atoms with Crippen LogP contribution in [-0.2, 0) is 13.6 Å². The number of nitrogens with one attached hydrogen (secondary N) is 1. The topological polar surface area (TPSA) is 29.9 Å². The first-order valence-corrected chi connectivity index (χ1v) is 5.51. The molecular weight excluding hydrogens is 198 g/mol. The van der Waals surface area contributed by atoms with Gasteiger partial charge >= 0.3 is 0 Å². The maximum absolute atomic E-state index is 4.02. The highest BCUT2D eigenvalue weighted by molar-refractivity contribution is 5.14. The zero-order valence-corrected chi connectivity index (χ0v) is 9.72. The van der Waals surface area contributed by atoms with E-state index in [2.05, 4.69) is 47.2 Å². The Morgan fingerprint density at radius 1 is 1.31 bits per heavy atom. The van der Waals surface area contributed by atoms with Gasteiger partial charge in [-0.3, -0.25) is 4.98 Å². The largest absolute Gasteiger partial charge is 0.353 e. The van der Waals surface area contributed by atoms with Crippen molar-refractivity contribution < 1.29 is 0 Å². The molecule has 2 rings (SSSR count). The van der Waals surface area contributed by atoms with Crippen LogP contribution in [0.25, 0.3) is 0 Å². The second-order valence-corrected chi connectivity index (χ2v) is 3.99. The smallest absolute Gasteiger partial charge is 0.0364 e. The molecule has 0 aliphatic rings. The summed E-state index contributed by atoms with van der Waals surface area (Å²) in [4.78, 5) is 4.02. The van der Waals surface area contributed by atoms with E-state index >= 15 is 0 Å². The predicted octanol–water partition coefficient (Wildman–Crippen LogP) is 2.27. The van der Waals surface area contributed by atoms with Gasteiger partial charge in [0.15, 0.2) is 0 Å². The maximum atomic E-state index is 4.02. The Balaban J connectivity index is 1.94. The number of pyridine rings is 1. The molecule has 0 aromatic carbocycles. The summed E-state index contributed by atoms with van der Waals surface area (Å²) in [5.74, 6) is 0. The molecule has 16 heavy (non-hydrogen) atoms. The van der Waals surface area contributed by atoms with E-state index in [4.69, 9.17) is 0 Å². The Hall–Kier alpha value is -1.61. The van der Waals surface area contributed by atoms with Crippen molar-refractivity contribution >= 4 is 0 Å². The first-order valence-electron chi connectivity index (χ1n) is 5.51. The fraction of sp³-hybridized carbons (Fsp3) is 0.308. The van der Waals surface area contributed by atoms with Crippen LogP contribution in [0, 0.1) is 0 Å². The molecule has 1 atom stereocenters. The monoisotopic (exact) mass is 215 g/mol. The van der Waals surface area contributed by atoms with E-state index in [1.54, 1.807) is 0 Å². The van der Waals surface area contributed by atoms with E-state index in [-0.39, 0.29) is 0 Å². The zero-order chi connectivity index (χ0) is 11.4. The molecule has 3 heteroatoms. The van der Waals surface area contributed by atoms with Crippen molar-refractivity contribution in [3.8, 4) is 0 Å². The average Bonchev–Trinajstić information content (AvgIpc) is 2.73. The lowest BCUT2D eigenvalue weighted by Gasteiger charge is -2.14. The molecule has 0 amide bonds. The van der Waals surface area contributed by atoms with Crippen LogP contribution in [0.2, 0.25) is 0 Å². The highest BCUT2D eigenvalue weighted by Crippen LogP contribution is 2.11. The molecule has 1 unspecified atom stereocenters.